The Morgan fingerprint density at radius 2 is 1.86 bits per heavy atom. The number of ether oxygens (including phenoxy) is 1. The highest BCUT2D eigenvalue weighted by Gasteiger charge is 2.70. The molecule has 0 aliphatic heterocycles. The van der Waals surface area contributed by atoms with Crippen LogP contribution in [0.5, 0.6) is 0 Å². The van der Waals surface area contributed by atoms with Crippen molar-refractivity contribution in [2.45, 2.75) is 97.7 Å². The minimum atomic E-state index is -1.01. The summed E-state index contributed by atoms with van der Waals surface area (Å²) in [4.78, 5) is 12.0. The molecule has 7 atom stereocenters. The van der Waals surface area contributed by atoms with Gasteiger partial charge in [-0.25, -0.2) is 4.79 Å². The van der Waals surface area contributed by atoms with Crippen LogP contribution in [0.2, 0.25) is 0 Å². The molecule has 0 amide bonds. The summed E-state index contributed by atoms with van der Waals surface area (Å²) in [6.45, 7) is 11.0. The standard InChI is InChI=1S/C25H40O4/c1-16(2)11-21(27)29-15-25(28)14-24-13-17(25)7-8-18(24)23(5)10-6-9-22(3,4)19(23)12-20(24)26/h11,17-20,26,28H,6-10,12-15H2,1-5H3/t17?,18-,19+,20?,23+,24-,25+/m1/s1. The first-order valence-electron chi connectivity index (χ1n) is 11.7. The van der Waals surface area contributed by atoms with Crippen molar-refractivity contribution >= 4 is 5.97 Å². The van der Waals surface area contributed by atoms with E-state index >= 15 is 0 Å². The molecule has 4 rings (SSSR count). The third kappa shape index (κ3) is 3.20. The van der Waals surface area contributed by atoms with E-state index in [-0.39, 0.29) is 40.8 Å². The highest BCUT2D eigenvalue weighted by atomic mass is 16.5. The molecule has 164 valence electrons. The van der Waals surface area contributed by atoms with Crippen molar-refractivity contribution in [3.8, 4) is 0 Å². The van der Waals surface area contributed by atoms with Crippen LogP contribution in [0.25, 0.3) is 0 Å². The molecule has 4 saturated carbocycles. The van der Waals surface area contributed by atoms with Crippen molar-refractivity contribution in [1.29, 1.82) is 0 Å². The SMILES string of the molecule is CC(C)=CC(=O)OC[C@@]1(O)C[C@]23CC1CC[C@@H]2[C@]1(C)CCCC(C)(C)[C@@H]1CC3O. The van der Waals surface area contributed by atoms with E-state index in [9.17, 15) is 15.0 Å². The molecule has 0 saturated heterocycles. The van der Waals surface area contributed by atoms with Crippen LogP contribution >= 0.6 is 0 Å². The minimum Gasteiger partial charge on any atom is -0.459 e. The summed E-state index contributed by atoms with van der Waals surface area (Å²) in [7, 11) is 0. The van der Waals surface area contributed by atoms with Gasteiger partial charge < -0.3 is 14.9 Å². The van der Waals surface area contributed by atoms with Crippen LogP contribution in [0.4, 0.5) is 0 Å². The fraction of sp³-hybridized carbons (Fsp3) is 0.880. The van der Waals surface area contributed by atoms with E-state index in [1.54, 1.807) is 0 Å². The van der Waals surface area contributed by atoms with Gasteiger partial charge in [0.15, 0.2) is 0 Å². The quantitative estimate of drug-likeness (QED) is 0.532. The van der Waals surface area contributed by atoms with Gasteiger partial charge in [-0.15, -0.1) is 0 Å². The van der Waals surface area contributed by atoms with Crippen LogP contribution in [0.15, 0.2) is 11.6 Å². The average molecular weight is 405 g/mol. The Hall–Kier alpha value is -0.870. The first-order chi connectivity index (χ1) is 13.4. The zero-order chi connectivity index (χ0) is 21.2. The number of carbonyl (C=O) groups excluding carboxylic acids is 1. The molecular formula is C25H40O4. The van der Waals surface area contributed by atoms with Crippen LogP contribution < -0.4 is 0 Å². The molecule has 4 nitrogen and oxygen atoms in total. The van der Waals surface area contributed by atoms with Crippen LogP contribution in [-0.4, -0.2) is 34.5 Å². The topological polar surface area (TPSA) is 66.8 Å². The molecule has 4 fully saturated rings. The van der Waals surface area contributed by atoms with E-state index in [4.69, 9.17) is 4.74 Å². The van der Waals surface area contributed by atoms with Gasteiger partial charge in [-0.05, 0) is 87.4 Å². The summed E-state index contributed by atoms with van der Waals surface area (Å²) in [5, 5.41) is 23.0. The lowest BCUT2D eigenvalue weighted by atomic mass is 9.40. The fourth-order valence-electron chi connectivity index (χ4n) is 8.47. The second-order valence-electron chi connectivity index (χ2n) is 12.0. The molecule has 0 aromatic heterocycles. The van der Waals surface area contributed by atoms with Crippen LogP contribution in [-0.2, 0) is 9.53 Å². The highest BCUT2D eigenvalue weighted by Crippen LogP contribution is 2.72. The summed E-state index contributed by atoms with van der Waals surface area (Å²) in [6, 6.07) is 0. The van der Waals surface area contributed by atoms with Gasteiger partial charge in [-0.2, -0.15) is 0 Å². The Morgan fingerprint density at radius 3 is 2.55 bits per heavy atom. The summed E-state index contributed by atoms with van der Waals surface area (Å²) in [6.07, 6.45) is 9.19. The van der Waals surface area contributed by atoms with E-state index in [1.165, 1.54) is 25.3 Å². The minimum absolute atomic E-state index is 0.0487. The van der Waals surface area contributed by atoms with Crippen molar-refractivity contribution < 1.29 is 19.7 Å². The van der Waals surface area contributed by atoms with E-state index in [0.717, 1.165) is 31.3 Å². The van der Waals surface area contributed by atoms with E-state index in [0.29, 0.717) is 18.3 Å². The lowest BCUT2D eigenvalue weighted by molar-refractivity contribution is -0.198. The number of rotatable bonds is 3. The maximum atomic E-state index is 12.0. The van der Waals surface area contributed by atoms with E-state index < -0.39 is 5.60 Å². The predicted molar refractivity (Wildman–Crippen MR) is 113 cm³/mol. The van der Waals surface area contributed by atoms with E-state index in [1.807, 2.05) is 13.8 Å². The van der Waals surface area contributed by atoms with Crippen molar-refractivity contribution in [1.82, 2.24) is 0 Å². The number of fused-ring (bicyclic) bond motifs is 3. The molecule has 4 aliphatic rings. The third-order valence-corrected chi connectivity index (χ3v) is 9.58. The molecule has 4 heteroatoms. The molecule has 0 radical (unpaired) electrons. The Balaban J connectivity index is 1.60. The molecule has 0 aromatic carbocycles. The average Bonchev–Trinajstić information content (AvgIpc) is 2.83. The summed E-state index contributed by atoms with van der Waals surface area (Å²) >= 11 is 0. The van der Waals surface area contributed by atoms with Gasteiger partial charge in [0, 0.05) is 11.5 Å². The number of hydrogen-bond donors (Lipinski definition) is 2. The van der Waals surface area contributed by atoms with Gasteiger partial charge >= 0.3 is 5.97 Å². The number of allylic oxidation sites excluding steroid dienone is 1. The number of esters is 1. The second-order valence-corrected chi connectivity index (χ2v) is 12.0. The van der Waals surface area contributed by atoms with Gasteiger partial charge in [0.2, 0.25) is 0 Å². The maximum absolute atomic E-state index is 12.0. The number of carbonyl (C=O) groups is 1. The smallest absolute Gasteiger partial charge is 0.330 e. The van der Waals surface area contributed by atoms with Crippen molar-refractivity contribution in [3.63, 3.8) is 0 Å². The van der Waals surface area contributed by atoms with Crippen LogP contribution in [0.1, 0.15) is 86.0 Å². The van der Waals surface area contributed by atoms with Crippen molar-refractivity contribution in [2.75, 3.05) is 6.61 Å². The summed E-state index contributed by atoms with van der Waals surface area (Å²) in [5.41, 5.74) is 0.164. The largest absolute Gasteiger partial charge is 0.459 e. The van der Waals surface area contributed by atoms with Crippen molar-refractivity contribution in [3.05, 3.63) is 11.6 Å². The molecule has 4 aliphatic carbocycles. The molecule has 0 aromatic rings. The maximum Gasteiger partial charge on any atom is 0.330 e. The predicted octanol–water partition coefficient (Wildman–Crippen LogP) is 4.63. The first kappa shape index (κ1) is 21.4. The molecule has 1 spiro atoms. The molecular weight excluding hydrogens is 364 g/mol. The summed E-state index contributed by atoms with van der Waals surface area (Å²) in [5.74, 6) is 0.723. The van der Waals surface area contributed by atoms with Gasteiger partial charge in [0.05, 0.1) is 6.10 Å². The van der Waals surface area contributed by atoms with Crippen molar-refractivity contribution in [2.24, 2.45) is 34.0 Å². The van der Waals surface area contributed by atoms with Crippen LogP contribution in [0.3, 0.4) is 0 Å². The molecule has 2 unspecified atom stereocenters. The third-order valence-electron chi connectivity index (χ3n) is 9.58. The summed E-state index contributed by atoms with van der Waals surface area (Å²) < 4.78 is 5.48. The zero-order valence-corrected chi connectivity index (χ0v) is 19.0. The van der Waals surface area contributed by atoms with Gasteiger partial charge in [-0.3, -0.25) is 0 Å². The fourth-order valence-corrected chi connectivity index (χ4v) is 8.47. The monoisotopic (exact) mass is 404 g/mol. The molecule has 29 heavy (non-hydrogen) atoms. The first-order valence-corrected chi connectivity index (χ1v) is 11.7. The zero-order valence-electron chi connectivity index (χ0n) is 19.0. The van der Waals surface area contributed by atoms with Crippen LogP contribution in [0, 0.1) is 34.0 Å². The Kier molecular flexibility index (Phi) is 5.02. The van der Waals surface area contributed by atoms with E-state index in [2.05, 4.69) is 20.8 Å². The molecule has 2 N–H and O–H groups in total. The number of aliphatic hydroxyl groups is 2. The Bertz CT molecular complexity index is 708. The normalized spacial score (nSPS) is 47.7. The second kappa shape index (κ2) is 6.82. The number of hydrogen-bond acceptors (Lipinski definition) is 4. The molecule has 2 bridgehead atoms. The lowest BCUT2D eigenvalue weighted by Crippen LogP contribution is -2.61. The van der Waals surface area contributed by atoms with Gasteiger partial charge in [0.1, 0.15) is 12.2 Å². The highest BCUT2D eigenvalue weighted by molar-refractivity contribution is 5.82. The number of aliphatic hydroxyl groups excluding tert-OH is 1. The lowest BCUT2D eigenvalue weighted by Gasteiger charge is -2.65. The van der Waals surface area contributed by atoms with Gasteiger partial charge in [0.25, 0.3) is 0 Å². The molecule has 0 heterocycles. The Morgan fingerprint density at radius 1 is 1.14 bits per heavy atom. The van der Waals surface area contributed by atoms with Gasteiger partial charge in [-0.1, -0.05) is 32.8 Å². The Labute approximate surface area is 176 Å².